The van der Waals surface area contributed by atoms with Crippen LogP contribution >= 0.6 is 11.3 Å². The standard InChI is InChI=1S/C20H16FN3O2S/c1-13(23-24-19(25)14-7-9-16(21)10-8-14)15-4-2-5-17(12-15)22-20(26)18-6-3-11-27-18/h2-12H,1H3,(H,22,26)(H,24,25). The fourth-order valence-corrected chi connectivity index (χ4v) is 2.91. The van der Waals surface area contributed by atoms with Gasteiger partial charge in [-0.05, 0) is 60.3 Å². The summed E-state index contributed by atoms with van der Waals surface area (Å²) in [7, 11) is 0. The first-order valence-corrected chi connectivity index (χ1v) is 8.96. The number of hydrogen-bond acceptors (Lipinski definition) is 4. The lowest BCUT2D eigenvalue weighted by molar-refractivity contribution is 0.0954. The Kier molecular flexibility index (Phi) is 5.73. The Morgan fingerprint density at radius 1 is 0.963 bits per heavy atom. The van der Waals surface area contributed by atoms with Crippen LogP contribution in [0.4, 0.5) is 10.1 Å². The lowest BCUT2D eigenvalue weighted by Gasteiger charge is -2.07. The van der Waals surface area contributed by atoms with Crippen LogP contribution in [-0.2, 0) is 0 Å². The number of hydrogen-bond donors (Lipinski definition) is 2. The number of nitrogens with zero attached hydrogens (tertiary/aromatic N) is 1. The highest BCUT2D eigenvalue weighted by Crippen LogP contribution is 2.15. The quantitative estimate of drug-likeness (QED) is 0.511. The molecule has 2 amide bonds. The molecule has 0 aliphatic rings. The normalized spacial score (nSPS) is 11.1. The highest BCUT2D eigenvalue weighted by Gasteiger charge is 2.08. The molecular weight excluding hydrogens is 365 g/mol. The summed E-state index contributed by atoms with van der Waals surface area (Å²) in [6, 6.07) is 15.9. The fourth-order valence-electron chi connectivity index (χ4n) is 2.29. The minimum absolute atomic E-state index is 0.179. The molecule has 0 unspecified atom stereocenters. The lowest BCUT2D eigenvalue weighted by Crippen LogP contribution is -2.19. The van der Waals surface area contributed by atoms with Crippen molar-refractivity contribution in [2.24, 2.45) is 5.10 Å². The van der Waals surface area contributed by atoms with E-state index in [0.29, 0.717) is 21.8 Å². The maximum Gasteiger partial charge on any atom is 0.271 e. The Balaban J connectivity index is 1.68. The number of hydrazone groups is 1. The number of carbonyl (C=O) groups is 2. The molecule has 7 heteroatoms. The van der Waals surface area contributed by atoms with Crippen LogP contribution in [0.25, 0.3) is 0 Å². The number of anilines is 1. The van der Waals surface area contributed by atoms with E-state index in [9.17, 15) is 14.0 Å². The molecule has 0 saturated carbocycles. The second-order valence-electron chi connectivity index (χ2n) is 5.66. The van der Waals surface area contributed by atoms with Gasteiger partial charge in [-0.15, -0.1) is 11.3 Å². The number of halogens is 1. The van der Waals surface area contributed by atoms with Gasteiger partial charge in [-0.2, -0.15) is 5.10 Å². The Hall–Kier alpha value is -3.32. The van der Waals surface area contributed by atoms with E-state index < -0.39 is 11.7 Å². The molecule has 0 bridgehead atoms. The molecule has 0 aliphatic carbocycles. The summed E-state index contributed by atoms with van der Waals surface area (Å²) < 4.78 is 12.9. The van der Waals surface area contributed by atoms with Crippen LogP contribution in [0.15, 0.2) is 71.1 Å². The van der Waals surface area contributed by atoms with E-state index in [4.69, 9.17) is 0 Å². The predicted molar refractivity (Wildman–Crippen MR) is 105 cm³/mol. The van der Waals surface area contributed by atoms with Gasteiger partial charge < -0.3 is 5.32 Å². The van der Waals surface area contributed by atoms with Gasteiger partial charge in [-0.1, -0.05) is 18.2 Å². The van der Waals surface area contributed by atoms with Gasteiger partial charge in [0.25, 0.3) is 11.8 Å². The van der Waals surface area contributed by atoms with Crippen LogP contribution in [0, 0.1) is 5.82 Å². The van der Waals surface area contributed by atoms with Crippen molar-refractivity contribution in [3.63, 3.8) is 0 Å². The van der Waals surface area contributed by atoms with E-state index in [-0.39, 0.29) is 5.91 Å². The summed E-state index contributed by atoms with van der Waals surface area (Å²) in [6.45, 7) is 1.74. The molecule has 0 aliphatic heterocycles. The lowest BCUT2D eigenvalue weighted by atomic mass is 10.1. The number of carbonyl (C=O) groups excluding carboxylic acids is 2. The van der Waals surface area contributed by atoms with Gasteiger partial charge in [-0.3, -0.25) is 9.59 Å². The molecule has 2 N–H and O–H groups in total. The van der Waals surface area contributed by atoms with Crippen LogP contribution in [0.2, 0.25) is 0 Å². The maximum atomic E-state index is 12.9. The smallest absolute Gasteiger partial charge is 0.271 e. The minimum atomic E-state index is -0.434. The Morgan fingerprint density at radius 2 is 1.74 bits per heavy atom. The van der Waals surface area contributed by atoms with Crippen LogP contribution in [0.3, 0.4) is 0 Å². The van der Waals surface area contributed by atoms with Crippen molar-refractivity contribution in [3.05, 3.63) is 87.9 Å². The molecule has 3 aromatic rings. The van der Waals surface area contributed by atoms with Crippen molar-refractivity contribution < 1.29 is 14.0 Å². The number of benzene rings is 2. The summed E-state index contributed by atoms with van der Waals surface area (Å²) >= 11 is 1.36. The molecule has 1 aromatic heterocycles. The van der Waals surface area contributed by atoms with Gasteiger partial charge in [0.2, 0.25) is 0 Å². The van der Waals surface area contributed by atoms with Gasteiger partial charge in [0.15, 0.2) is 0 Å². The van der Waals surface area contributed by atoms with Crippen molar-refractivity contribution in [3.8, 4) is 0 Å². The Morgan fingerprint density at radius 3 is 2.44 bits per heavy atom. The molecule has 27 heavy (non-hydrogen) atoms. The van der Waals surface area contributed by atoms with E-state index in [0.717, 1.165) is 5.56 Å². The molecule has 0 saturated heterocycles. The third-order valence-electron chi connectivity index (χ3n) is 3.71. The highest BCUT2D eigenvalue weighted by atomic mass is 32.1. The van der Waals surface area contributed by atoms with Crippen molar-refractivity contribution in [2.75, 3.05) is 5.32 Å². The van der Waals surface area contributed by atoms with Gasteiger partial charge in [-0.25, -0.2) is 9.82 Å². The zero-order valence-electron chi connectivity index (χ0n) is 14.4. The monoisotopic (exact) mass is 381 g/mol. The summed E-state index contributed by atoms with van der Waals surface area (Å²) in [5.74, 6) is -1.02. The third-order valence-corrected chi connectivity index (χ3v) is 4.58. The van der Waals surface area contributed by atoms with Gasteiger partial charge in [0, 0.05) is 11.3 Å². The summed E-state index contributed by atoms with van der Waals surface area (Å²) in [4.78, 5) is 24.8. The Bertz CT molecular complexity index is 983. The number of amides is 2. The van der Waals surface area contributed by atoms with Gasteiger partial charge >= 0.3 is 0 Å². The van der Waals surface area contributed by atoms with E-state index in [1.165, 1.54) is 35.6 Å². The second kappa shape index (κ2) is 8.37. The topological polar surface area (TPSA) is 70.6 Å². The van der Waals surface area contributed by atoms with Crippen molar-refractivity contribution in [1.29, 1.82) is 0 Å². The molecule has 0 radical (unpaired) electrons. The van der Waals surface area contributed by atoms with Crippen molar-refractivity contribution in [2.45, 2.75) is 6.92 Å². The third kappa shape index (κ3) is 4.86. The molecular formula is C20H16FN3O2S. The zero-order valence-corrected chi connectivity index (χ0v) is 15.2. The molecule has 2 aromatic carbocycles. The van der Waals surface area contributed by atoms with E-state index in [2.05, 4.69) is 15.8 Å². The number of thiophene rings is 1. The molecule has 3 rings (SSSR count). The van der Waals surface area contributed by atoms with Gasteiger partial charge in [0.05, 0.1) is 10.6 Å². The average molecular weight is 381 g/mol. The highest BCUT2D eigenvalue weighted by molar-refractivity contribution is 7.12. The first-order valence-electron chi connectivity index (χ1n) is 8.08. The summed E-state index contributed by atoms with van der Waals surface area (Å²) in [5, 5.41) is 8.74. The van der Waals surface area contributed by atoms with E-state index >= 15 is 0 Å². The van der Waals surface area contributed by atoms with Gasteiger partial charge in [0.1, 0.15) is 5.82 Å². The van der Waals surface area contributed by atoms with Crippen LogP contribution < -0.4 is 10.7 Å². The van der Waals surface area contributed by atoms with Crippen LogP contribution in [-0.4, -0.2) is 17.5 Å². The SMILES string of the molecule is CC(=NNC(=O)c1ccc(F)cc1)c1cccc(NC(=O)c2cccs2)c1. The van der Waals surface area contributed by atoms with Crippen molar-refractivity contribution in [1.82, 2.24) is 5.43 Å². The van der Waals surface area contributed by atoms with Crippen LogP contribution in [0.1, 0.15) is 32.5 Å². The summed E-state index contributed by atoms with van der Waals surface area (Å²) in [5.41, 5.74) is 4.70. The molecule has 0 spiro atoms. The molecule has 0 fully saturated rings. The maximum absolute atomic E-state index is 12.9. The first kappa shape index (κ1) is 18.5. The van der Waals surface area contributed by atoms with Crippen molar-refractivity contribution >= 4 is 34.6 Å². The first-order chi connectivity index (χ1) is 13.0. The number of rotatable bonds is 5. The minimum Gasteiger partial charge on any atom is -0.321 e. The Labute approximate surface area is 159 Å². The molecule has 1 heterocycles. The zero-order chi connectivity index (χ0) is 19.2. The second-order valence-corrected chi connectivity index (χ2v) is 6.60. The van der Waals surface area contributed by atoms with Crippen LogP contribution in [0.5, 0.6) is 0 Å². The molecule has 0 atom stereocenters. The summed E-state index contributed by atoms with van der Waals surface area (Å²) in [6.07, 6.45) is 0. The molecule has 136 valence electrons. The average Bonchev–Trinajstić information content (AvgIpc) is 3.21. The largest absolute Gasteiger partial charge is 0.321 e. The predicted octanol–water partition coefficient (Wildman–Crippen LogP) is 4.29. The number of nitrogens with one attached hydrogen (secondary N) is 2. The molecule has 5 nitrogen and oxygen atoms in total. The van der Waals surface area contributed by atoms with E-state index in [1.807, 2.05) is 17.5 Å². The van der Waals surface area contributed by atoms with E-state index in [1.54, 1.807) is 31.2 Å². The fraction of sp³-hybridized carbons (Fsp3) is 0.0500.